The highest BCUT2D eigenvalue weighted by atomic mass is 16.4. The van der Waals surface area contributed by atoms with E-state index in [9.17, 15) is 4.79 Å². The van der Waals surface area contributed by atoms with Crippen molar-refractivity contribution in [2.75, 3.05) is 0 Å². The highest BCUT2D eigenvalue weighted by Gasteiger charge is 2.33. The fraction of sp³-hybridized carbons (Fsp3) is 0.286. The van der Waals surface area contributed by atoms with E-state index in [1.54, 1.807) is 13.8 Å². The molecule has 0 saturated carbocycles. The standard InChI is InChI=1S/C14H15NO3/c1-9-4-6-10(7-5-9)12-15-11(8-18-12)14(2,3)13(16)17/h4-8H,1-3H3,(H,16,17). The van der Waals surface area contributed by atoms with Crippen LogP contribution in [0.1, 0.15) is 25.1 Å². The first-order valence-corrected chi connectivity index (χ1v) is 5.67. The molecule has 0 aliphatic rings. The molecule has 94 valence electrons. The third-order valence-corrected chi connectivity index (χ3v) is 2.98. The van der Waals surface area contributed by atoms with Crippen LogP contribution in [-0.4, -0.2) is 16.1 Å². The largest absolute Gasteiger partial charge is 0.481 e. The van der Waals surface area contributed by atoms with Crippen molar-refractivity contribution in [1.29, 1.82) is 0 Å². The summed E-state index contributed by atoms with van der Waals surface area (Å²) in [5.41, 5.74) is 1.36. The third-order valence-electron chi connectivity index (χ3n) is 2.98. The van der Waals surface area contributed by atoms with Gasteiger partial charge in [0.1, 0.15) is 11.7 Å². The van der Waals surface area contributed by atoms with Gasteiger partial charge >= 0.3 is 5.97 Å². The summed E-state index contributed by atoms with van der Waals surface area (Å²) < 4.78 is 5.35. The highest BCUT2D eigenvalue weighted by Crippen LogP contribution is 2.26. The molecule has 0 fully saturated rings. The summed E-state index contributed by atoms with van der Waals surface area (Å²) in [4.78, 5) is 15.4. The van der Waals surface area contributed by atoms with Crippen molar-refractivity contribution < 1.29 is 14.3 Å². The van der Waals surface area contributed by atoms with Crippen molar-refractivity contribution in [3.63, 3.8) is 0 Å². The van der Waals surface area contributed by atoms with E-state index in [1.165, 1.54) is 6.26 Å². The van der Waals surface area contributed by atoms with E-state index in [-0.39, 0.29) is 0 Å². The second-order valence-corrected chi connectivity index (χ2v) is 4.83. The van der Waals surface area contributed by atoms with Gasteiger partial charge in [0.15, 0.2) is 0 Å². The molecule has 1 aromatic heterocycles. The number of carboxylic acid groups (broad SMARTS) is 1. The number of aryl methyl sites for hydroxylation is 1. The quantitative estimate of drug-likeness (QED) is 0.902. The van der Waals surface area contributed by atoms with E-state index in [0.29, 0.717) is 11.6 Å². The number of nitrogens with zero attached hydrogens (tertiary/aromatic N) is 1. The maximum atomic E-state index is 11.1. The smallest absolute Gasteiger partial charge is 0.315 e. The monoisotopic (exact) mass is 245 g/mol. The number of hydrogen-bond donors (Lipinski definition) is 1. The number of benzene rings is 1. The van der Waals surface area contributed by atoms with Gasteiger partial charge in [0.25, 0.3) is 0 Å². The molecule has 0 atom stereocenters. The van der Waals surface area contributed by atoms with Gasteiger partial charge in [0.05, 0.1) is 5.69 Å². The van der Waals surface area contributed by atoms with E-state index in [1.807, 2.05) is 31.2 Å². The van der Waals surface area contributed by atoms with Crippen LogP contribution in [0.25, 0.3) is 11.5 Å². The van der Waals surface area contributed by atoms with Crippen LogP contribution in [0, 0.1) is 6.92 Å². The third kappa shape index (κ3) is 2.14. The van der Waals surface area contributed by atoms with Gasteiger partial charge in [0, 0.05) is 5.56 Å². The zero-order valence-electron chi connectivity index (χ0n) is 10.6. The second kappa shape index (κ2) is 4.29. The normalized spacial score (nSPS) is 11.5. The number of oxazole rings is 1. The van der Waals surface area contributed by atoms with E-state index in [2.05, 4.69) is 4.98 Å². The van der Waals surface area contributed by atoms with E-state index in [4.69, 9.17) is 9.52 Å². The molecular weight excluding hydrogens is 230 g/mol. The summed E-state index contributed by atoms with van der Waals surface area (Å²) in [6.45, 7) is 5.20. The minimum Gasteiger partial charge on any atom is -0.481 e. The lowest BCUT2D eigenvalue weighted by molar-refractivity contribution is -0.142. The minimum absolute atomic E-state index is 0.422. The topological polar surface area (TPSA) is 63.3 Å². The zero-order chi connectivity index (χ0) is 13.3. The molecule has 0 spiro atoms. The Balaban J connectivity index is 2.37. The van der Waals surface area contributed by atoms with Crippen LogP contribution in [0.2, 0.25) is 0 Å². The summed E-state index contributed by atoms with van der Waals surface area (Å²) in [6.07, 6.45) is 1.41. The minimum atomic E-state index is -1.05. The van der Waals surface area contributed by atoms with Gasteiger partial charge in [-0.1, -0.05) is 17.7 Å². The van der Waals surface area contributed by atoms with Crippen LogP contribution in [0.5, 0.6) is 0 Å². The van der Waals surface area contributed by atoms with Gasteiger partial charge in [0.2, 0.25) is 5.89 Å². The van der Waals surface area contributed by atoms with E-state index >= 15 is 0 Å². The molecule has 18 heavy (non-hydrogen) atoms. The predicted molar refractivity (Wildman–Crippen MR) is 67.3 cm³/mol. The fourth-order valence-corrected chi connectivity index (χ4v) is 1.50. The van der Waals surface area contributed by atoms with Gasteiger partial charge in [-0.15, -0.1) is 0 Å². The molecule has 4 nitrogen and oxygen atoms in total. The van der Waals surface area contributed by atoms with Gasteiger partial charge in [-0.25, -0.2) is 4.98 Å². The van der Waals surface area contributed by atoms with Gasteiger partial charge < -0.3 is 9.52 Å². The summed E-state index contributed by atoms with van der Waals surface area (Å²) in [7, 11) is 0. The lowest BCUT2D eigenvalue weighted by atomic mass is 9.90. The molecule has 4 heteroatoms. The van der Waals surface area contributed by atoms with E-state index in [0.717, 1.165) is 11.1 Å². The van der Waals surface area contributed by atoms with Crippen LogP contribution in [0.3, 0.4) is 0 Å². The Morgan fingerprint density at radius 1 is 1.28 bits per heavy atom. The molecule has 0 saturated heterocycles. The molecule has 0 amide bonds. The summed E-state index contributed by atoms with van der Waals surface area (Å²) in [5.74, 6) is -0.481. The maximum absolute atomic E-state index is 11.1. The molecule has 0 bridgehead atoms. The van der Waals surface area contributed by atoms with Crippen LogP contribution in [0.15, 0.2) is 34.9 Å². The molecule has 0 aliphatic carbocycles. The van der Waals surface area contributed by atoms with Crippen LogP contribution in [-0.2, 0) is 10.2 Å². The number of rotatable bonds is 3. The Hall–Kier alpha value is -2.10. The average molecular weight is 245 g/mol. The van der Waals surface area contributed by atoms with Gasteiger partial charge in [-0.05, 0) is 32.9 Å². The van der Waals surface area contributed by atoms with Crippen LogP contribution >= 0.6 is 0 Å². The van der Waals surface area contributed by atoms with Crippen molar-refractivity contribution in [2.45, 2.75) is 26.2 Å². The lowest BCUT2D eigenvalue weighted by Crippen LogP contribution is -2.28. The lowest BCUT2D eigenvalue weighted by Gasteiger charge is -2.14. The van der Waals surface area contributed by atoms with E-state index < -0.39 is 11.4 Å². The number of aliphatic carboxylic acids is 1. The Morgan fingerprint density at radius 2 is 1.89 bits per heavy atom. The molecule has 2 aromatic rings. The van der Waals surface area contributed by atoms with Crippen molar-refractivity contribution in [2.24, 2.45) is 0 Å². The number of carboxylic acids is 1. The molecule has 1 aromatic carbocycles. The molecule has 2 rings (SSSR count). The average Bonchev–Trinajstić information content (AvgIpc) is 2.79. The Morgan fingerprint density at radius 3 is 2.44 bits per heavy atom. The Labute approximate surface area is 105 Å². The summed E-state index contributed by atoms with van der Waals surface area (Å²) in [6, 6.07) is 7.72. The Bertz CT molecular complexity index is 567. The summed E-state index contributed by atoms with van der Waals surface area (Å²) in [5, 5.41) is 9.13. The van der Waals surface area contributed by atoms with Gasteiger partial charge in [-0.3, -0.25) is 4.79 Å². The second-order valence-electron chi connectivity index (χ2n) is 4.83. The highest BCUT2D eigenvalue weighted by molar-refractivity contribution is 5.79. The molecule has 1 N–H and O–H groups in total. The molecule has 1 heterocycles. The predicted octanol–water partition coefficient (Wildman–Crippen LogP) is 3.01. The summed E-state index contributed by atoms with van der Waals surface area (Å²) >= 11 is 0. The fourth-order valence-electron chi connectivity index (χ4n) is 1.50. The first-order valence-electron chi connectivity index (χ1n) is 5.67. The Kier molecular flexibility index (Phi) is 2.95. The van der Waals surface area contributed by atoms with Gasteiger partial charge in [-0.2, -0.15) is 0 Å². The number of aromatic nitrogens is 1. The van der Waals surface area contributed by atoms with Crippen molar-refractivity contribution >= 4 is 5.97 Å². The van der Waals surface area contributed by atoms with Crippen molar-refractivity contribution in [1.82, 2.24) is 4.98 Å². The first kappa shape index (κ1) is 12.4. The number of carbonyl (C=O) groups is 1. The SMILES string of the molecule is Cc1ccc(-c2nc(C(C)(C)C(=O)O)co2)cc1. The molecular formula is C14H15NO3. The van der Waals surface area contributed by atoms with Crippen LogP contribution < -0.4 is 0 Å². The van der Waals surface area contributed by atoms with Crippen molar-refractivity contribution in [3.05, 3.63) is 41.8 Å². The molecule has 0 aliphatic heterocycles. The van der Waals surface area contributed by atoms with Crippen LogP contribution in [0.4, 0.5) is 0 Å². The molecule has 0 radical (unpaired) electrons. The zero-order valence-corrected chi connectivity index (χ0v) is 10.6. The maximum Gasteiger partial charge on any atom is 0.315 e. The first-order chi connectivity index (χ1) is 8.41. The van der Waals surface area contributed by atoms with Crippen molar-refractivity contribution in [3.8, 4) is 11.5 Å². The number of hydrogen-bond acceptors (Lipinski definition) is 3. The molecule has 0 unspecified atom stereocenters.